The van der Waals surface area contributed by atoms with Gasteiger partial charge in [0, 0.05) is 34.2 Å². The second-order valence-corrected chi connectivity index (χ2v) is 6.31. The lowest BCUT2D eigenvalue weighted by Gasteiger charge is -2.20. The first-order valence-corrected chi connectivity index (χ1v) is 8.75. The number of rotatable bonds is 5. The highest BCUT2D eigenvalue weighted by atomic mass is 35.5. The minimum absolute atomic E-state index is 0.201. The number of anilines is 3. The molecule has 3 aromatic rings. The van der Waals surface area contributed by atoms with Gasteiger partial charge in [0.2, 0.25) is 5.95 Å². The highest BCUT2D eigenvalue weighted by Crippen LogP contribution is 2.24. The lowest BCUT2D eigenvalue weighted by atomic mass is 10.2. The third-order valence-electron chi connectivity index (χ3n) is 3.62. The van der Waals surface area contributed by atoms with Crippen LogP contribution in [0, 0.1) is 0 Å². The van der Waals surface area contributed by atoms with Crippen molar-refractivity contribution in [1.82, 2.24) is 9.97 Å². The molecular weight excluding hydrogens is 371 g/mol. The molecule has 132 valence electrons. The molecule has 0 saturated heterocycles. The zero-order valence-corrected chi connectivity index (χ0v) is 15.5. The summed E-state index contributed by atoms with van der Waals surface area (Å²) in [4.78, 5) is 23.0. The Labute approximate surface area is 161 Å². The topological polar surface area (TPSA) is 58.1 Å². The summed E-state index contributed by atoms with van der Waals surface area (Å²) in [7, 11) is 0. The van der Waals surface area contributed by atoms with Gasteiger partial charge < -0.3 is 10.2 Å². The lowest BCUT2D eigenvalue weighted by molar-refractivity contribution is 0.0983. The van der Waals surface area contributed by atoms with E-state index < -0.39 is 0 Å². The van der Waals surface area contributed by atoms with Gasteiger partial charge >= 0.3 is 0 Å². The van der Waals surface area contributed by atoms with Crippen LogP contribution in [0.5, 0.6) is 0 Å². The number of aromatic nitrogens is 2. The van der Waals surface area contributed by atoms with E-state index in [1.165, 1.54) is 6.20 Å². The van der Waals surface area contributed by atoms with Crippen molar-refractivity contribution >= 4 is 46.4 Å². The number of hydrogen-bond acceptors (Lipinski definition) is 4. The third kappa shape index (κ3) is 4.31. The van der Waals surface area contributed by atoms with E-state index in [1.54, 1.807) is 29.2 Å². The molecular formula is C19H16Cl2N4O. The van der Waals surface area contributed by atoms with Crippen LogP contribution in [0.3, 0.4) is 0 Å². The average molecular weight is 387 g/mol. The van der Waals surface area contributed by atoms with E-state index in [1.807, 2.05) is 37.3 Å². The molecule has 0 fully saturated rings. The molecule has 0 saturated carbocycles. The zero-order valence-electron chi connectivity index (χ0n) is 14.0. The van der Waals surface area contributed by atoms with Crippen molar-refractivity contribution < 1.29 is 4.79 Å². The van der Waals surface area contributed by atoms with Crippen LogP contribution < -0.4 is 10.2 Å². The van der Waals surface area contributed by atoms with E-state index in [9.17, 15) is 4.79 Å². The van der Waals surface area contributed by atoms with Gasteiger partial charge in [-0.25, -0.2) is 9.97 Å². The summed E-state index contributed by atoms with van der Waals surface area (Å²) in [5.41, 5.74) is 1.75. The van der Waals surface area contributed by atoms with Gasteiger partial charge in [-0.1, -0.05) is 41.4 Å². The predicted octanol–water partition coefficient (Wildman–Crippen LogP) is 5.19. The second-order valence-electron chi connectivity index (χ2n) is 5.43. The number of carbonyl (C=O) groups excluding carboxylic acids is 1. The fourth-order valence-corrected chi connectivity index (χ4v) is 3.01. The van der Waals surface area contributed by atoms with Gasteiger partial charge in [-0.3, -0.25) is 4.79 Å². The molecule has 1 amide bonds. The van der Waals surface area contributed by atoms with Gasteiger partial charge in [-0.2, -0.15) is 0 Å². The van der Waals surface area contributed by atoms with Crippen LogP contribution >= 0.6 is 23.2 Å². The number of amides is 1. The van der Waals surface area contributed by atoms with Gasteiger partial charge in [0.1, 0.15) is 5.69 Å². The quantitative estimate of drug-likeness (QED) is 0.654. The first-order chi connectivity index (χ1) is 12.6. The molecule has 0 bridgehead atoms. The maximum atomic E-state index is 12.9. The monoisotopic (exact) mass is 386 g/mol. The van der Waals surface area contributed by atoms with Crippen LogP contribution in [0.15, 0.2) is 60.8 Å². The highest BCUT2D eigenvalue weighted by Gasteiger charge is 2.18. The van der Waals surface area contributed by atoms with E-state index in [0.29, 0.717) is 33.9 Å². The largest absolute Gasteiger partial charge is 0.324 e. The summed E-state index contributed by atoms with van der Waals surface area (Å²) >= 11 is 12.0. The van der Waals surface area contributed by atoms with E-state index in [-0.39, 0.29) is 5.91 Å². The van der Waals surface area contributed by atoms with Crippen LogP contribution in [0.25, 0.3) is 0 Å². The second kappa shape index (κ2) is 8.17. The van der Waals surface area contributed by atoms with Crippen LogP contribution in [0.4, 0.5) is 17.3 Å². The Bertz CT molecular complexity index is 898. The molecule has 0 atom stereocenters. The first-order valence-electron chi connectivity index (χ1n) is 8.00. The molecule has 26 heavy (non-hydrogen) atoms. The molecule has 5 nitrogen and oxygen atoms in total. The standard InChI is InChI=1S/C19H16Cl2N4O/c1-2-25(16-6-4-3-5-7-16)18(26)17-8-9-22-19(24-17)23-15-11-13(20)10-14(21)12-15/h3-12H,2H2,1H3,(H,22,23,24). The Morgan fingerprint density at radius 3 is 2.42 bits per heavy atom. The Hall–Kier alpha value is -2.63. The van der Waals surface area contributed by atoms with Gasteiger partial charge in [0.25, 0.3) is 5.91 Å². The number of para-hydroxylation sites is 1. The molecule has 0 aliphatic carbocycles. The molecule has 0 aliphatic rings. The van der Waals surface area contributed by atoms with E-state index in [4.69, 9.17) is 23.2 Å². The van der Waals surface area contributed by atoms with Crippen LogP contribution in [-0.2, 0) is 0 Å². The number of benzene rings is 2. The van der Waals surface area contributed by atoms with Crippen LogP contribution in [0.2, 0.25) is 10.0 Å². The average Bonchev–Trinajstić information content (AvgIpc) is 2.62. The summed E-state index contributed by atoms with van der Waals surface area (Å²) < 4.78 is 0. The van der Waals surface area contributed by atoms with Crippen LogP contribution in [0.1, 0.15) is 17.4 Å². The van der Waals surface area contributed by atoms with Crippen molar-refractivity contribution in [3.8, 4) is 0 Å². The highest BCUT2D eigenvalue weighted by molar-refractivity contribution is 6.35. The minimum Gasteiger partial charge on any atom is -0.324 e. The molecule has 1 aromatic heterocycles. The van der Waals surface area contributed by atoms with Gasteiger partial charge in [0.15, 0.2) is 0 Å². The number of halogens is 2. The Kier molecular flexibility index (Phi) is 5.71. The number of hydrogen-bond donors (Lipinski definition) is 1. The Balaban J connectivity index is 1.85. The van der Waals surface area contributed by atoms with Crippen molar-refractivity contribution in [3.05, 3.63) is 76.5 Å². The molecule has 0 aliphatic heterocycles. The lowest BCUT2D eigenvalue weighted by Crippen LogP contribution is -2.31. The van der Waals surface area contributed by atoms with Gasteiger partial charge in [-0.15, -0.1) is 0 Å². The molecule has 1 heterocycles. The molecule has 0 spiro atoms. The van der Waals surface area contributed by atoms with Crippen LogP contribution in [-0.4, -0.2) is 22.4 Å². The van der Waals surface area contributed by atoms with Crippen molar-refractivity contribution in [2.75, 3.05) is 16.8 Å². The summed E-state index contributed by atoms with van der Waals surface area (Å²) in [6, 6.07) is 16.1. The number of carbonyl (C=O) groups is 1. The Morgan fingerprint density at radius 1 is 1.08 bits per heavy atom. The minimum atomic E-state index is -0.201. The van der Waals surface area contributed by atoms with Crippen molar-refractivity contribution in [2.45, 2.75) is 6.92 Å². The molecule has 0 unspecified atom stereocenters. The summed E-state index contributed by atoms with van der Waals surface area (Å²) in [5, 5.41) is 4.00. The molecule has 2 aromatic carbocycles. The molecule has 3 rings (SSSR count). The Morgan fingerprint density at radius 2 is 1.77 bits per heavy atom. The van der Waals surface area contributed by atoms with E-state index >= 15 is 0 Å². The van der Waals surface area contributed by atoms with E-state index in [0.717, 1.165) is 5.69 Å². The maximum Gasteiger partial charge on any atom is 0.277 e. The normalized spacial score (nSPS) is 10.4. The summed E-state index contributed by atoms with van der Waals surface area (Å²) in [5.74, 6) is 0.0894. The molecule has 1 N–H and O–H groups in total. The van der Waals surface area contributed by atoms with Gasteiger partial charge in [-0.05, 0) is 43.3 Å². The summed E-state index contributed by atoms with van der Waals surface area (Å²) in [6.07, 6.45) is 1.54. The van der Waals surface area contributed by atoms with Crippen molar-refractivity contribution in [2.24, 2.45) is 0 Å². The van der Waals surface area contributed by atoms with E-state index in [2.05, 4.69) is 15.3 Å². The SMILES string of the molecule is CCN(C(=O)c1ccnc(Nc2cc(Cl)cc(Cl)c2)n1)c1ccccc1. The number of nitrogens with one attached hydrogen (secondary N) is 1. The summed E-state index contributed by atoms with van der Waals surface area (Å²) in [6.45, 7) is 2.44. The molecule has 7 heteroatoms. The fourth-order valence-electron chi connectivity index (χ4n) is 2.48. The third-order valence-corrected chi connectivity index (χ3v) is 4.06. The first kappa shape index (κ1) is 18.2. The predicted molar refractivity (Wildman–Crippen MR) is 106 cm³/mol. The maximum absolute atomic E-state index is 12.9. The fraction of sp³-hybridized carbons (Fsp3) is 0.105. The zero-order chi connectivity index (χ0) is 18.5. The molecule has 0 radical (unpaired) electrons. The van der Waals surface area contributed by atoms with Crippen molar-refractivity contribution in [1.29, 1.82) is 0 Å². The number of nitrogens with zero attached hydrogens (tertiary/aromatic N) is 3. The van der Waals surface area contributed by atoms with Crippen molar-refractivity contribution in [3.63, 3.8) is 0 Å². The smallest absolute Gasteiger partial charge is 0.277 e. The van der Waals surface area contributed by atoms with Gasteiger partial charge in [0.05, 0.1) is 0 Å².